The fourth-order valence-electron chi connectivity index (χ4n) is 2.05. The molecule has 0 atom stereocenters. The van der Waals surface area contributed by atoms with Gasteiger partial charge in [-0.05, 0) is 31.2 Å². The Bertz CT molecular complexity index is 882. The van der Waals surface area contributed by atoms with Crippen molar-refractivity contribution in [3.05, 3.63) is 72.3 Å². The summed E-state index contributed by atoms with van der Waals surface area (Å²) in [4.78, 5) is 0.466. The van der Waals surface area contributed by atoms with Gasteiger partial charge in [0.1, 0.15) is 0 Å². The molecule has 0 N–H and O–H groups in total. The average molecular weight is 350 g/mol. The van der Waals surface area contributed by atoms with Gasteiger partial charge in [-0.1, -0.05) is 48.0 Å². The summed E-state index contributed by atoms with van der Waals surface area (Å²) in [6.45, 7) is 1.63. The predicted octanol–water partition coefficient (Wildman–Crippen LogP) is 2.88. The van der Waals surface area contributed by atoms with Gasteiger partial charge in [0, 0.05) is 0 Å². The van der Waals surface area contributed by atoms with Crippen LogP contribution in [-0.4, -0.2) is 28.3 Å². The third-order valence-corrected chi connectivity index (χ3v) is 6.70. The van der Waals surface area contributed by atoms with Crippen molar-refractivity contribution in [1.29, 1.82) is 0 Å². The van der Waals surface area contributed by atoms with Crippen LogP contribution in [0.1, 0.15) is 6.92 Å². The first-order chi connectivity index (χ1) is 10.8. The first-order valence-corrected chi connectivity index (χ1v) is 10.3. The monoisotopic (exact) mass is 350 g/mol. The molecule has 122 valence electrons. The van der Waals surface area contributed by atoms with Gasteiger partial charge in [-0.25, -0.2) is 16.8 Å². The van der Waals surface area contributed by atoms with E-state index in [4.69, 9.17) is 0 Å². The van der Waals surface area contributed by atoms with Gasteiger partial charge in [0.25, 0.3) is 0 Å². The van der Waals surface area contributed by atoms with Gasteiger partial charge in [0.2, 0.25) is 0 Å². The number of sulfone groups is 2. The maximum absolute atomic E-state index is 12.2. The first kappa shape index (κ1) is 17.4. The van der Waals surface area contributed by atoms with Crippen molar-refractivity contribution in [3.63, 3.8) is 0 Å². The minimum atomic E-state index is -3.45. The molecular weight excluding hydrogens is 332 g/mol. The summed E-state index contributed by atoms with van der Waals surface area (Å²) in [5.41, 5.74) is 0.508. The van der Waals surface area contributed by atoms with Crippen LogP contribution >= 0.6 is 0 Å². The van der Waals surface area contributed by atoms with Crippen molar-refractivity contribution in [2.24, 2.45) is 0 Å². The van der Waals surface area contributed by atoms with Crippen molar-refractivity contribution in [2.45, 2.75) is 16.7 Å². The molecule has 0 aromatic heterocycles. The highest BCUT2D eigenvalue weighted by Crippen LogP contribution is 2.15. The molecule has 0 aliphatic carbocycles. The van der Waals surface area contributed by atoms with Crippen LogP contribution in [0.3, 0.4) is 0 Å². The highest BCUT2D eigenvalue weighted by atomic mass is 32.2. The third kappa shape index (κ3) is 4.77. The maximum atomic E-state index is 12.2. The van der Waals surface area contributed by atoms with Crippen LogP contribution in [-0.2, 0) is 19.7 Å². The van der Waals surface area contributed by atoms with E-state index in [1.165, 1.54) is 30.3 Å². The smallest absolute Gasteiger partial charge is 0.182 e. The predicted molar refractivity (Wildman–Crippen MR) is 90.7 cm³/mol. The highest BCUT2D eigenvalue weighted by Gasteiger charge is 2.16. The van der Waals surface area contributed by atoms with E-state index in [2.05, 4.69) is 0 Å². The normalized spacial score (nSPS) is 13.0. The zero-order valence-corrected chi connectivity index (χ0v) is 14.3. The lowest BCUT2D eigenvalue weighted by Crippen LogP contribution is -2.10. The van der Waals surface area contributed by atoms with E-state index < -0.39 is 19.7 Å². The lowest BCUT2D eigenvalue weighted by atomic mass is 10.3. The van der Waals surface area contributed by atoms with Crippen LogP contribution in [0.4, 0.5) is 0 Å². The number of hydrogen-bond acceptors (Lipinski definition) is 4. The standard InChI is InChI=1S/C17H18O4S2/c1-15(14-23(20,21)17-10-6-3-7-11-17)12-13-22(18,19)16-8-4-2-5-9-16/h2-12H,13-14H2,1H3. The SMILES string of the molecule is CC(=CCS(=O)(=O)c1ccccc1)CS(=O)(=O)c1ccccc1. The van der Waals surface area contributed by atoms with Crippen molar-refractivity contribution in [1.82, 2.24) is 0 Å². The van der Waals surface area contributed by atoms with Crippen LogP contribution in [0.15, 0.2) is 82.1 Å². The van der Waals surface area contributed by atoms with Gasteiger partial charge in [-0.15, -0.1) is 0 Å². The number of rotatable bonds is 6. The van der Waals surface area contributed by atoms with Crippen LogP contribution in [0.25, 0.3) is 0 Å². The topological polar surface area (TPSA) is 68.3 Å². The van der Waals surface area contributed by atoms with E-state index in [9.17, 15) is 16.8 Å². The van der Waals surface area contributed by atoms with Gasteiger partial charge in [-0.3, -0.25) is 0 Å². The summed E-state index contributed by atoms with van der Waals surface area (Å²) in [5.74, 6) is -0.408. The molecule has 0 aliphatic rings. The van der Waals surface area contributed by atoms with Gasteiger partial charge < -0.3 is 0 Å². The van der Waals surface area contributed by atoms with Crippen molar-refractivity contribution < 1.29 is 16.8 Å². The lowest BCUT2D eigenvalue weighted by molar-refractivity contribution is 0.595. The Morgan fingerprint density at radius 3 is 1.70 bits per heavy atom. The molecule has 23 heavy (non-hydrogen) atoms. The average Bonchev–Trinajstić information content (AvgIpc) is 2.54. The second-order valence-corrected chi connectivity index (χ2v) is 9.24. The van der Waals surface area contributed by atoms with Crippen LogP contribution in [0.2, 0.25) is 0 Å². The van der Waals surface area contributed by atoms with E-state index in [1.54, 1.807) is 43.3 Å². The van der Waals surface area contributed by atoms with Gasteiger partial charge in [0.15, 0.2) is 19.7 Å². The molecule has 0 heterocycles. The first-order valence-electron chi connectivity index (χ1n) is 7.02. The molecule has 4 nitrogen and oxygen atoms in total. The summed E-state index contributed by atoms with van der Waals surface area (Å²) < 4.78 is 48.8. The fourth-order valence-corrected chi connectivity index (χ4v) is 4.77. The minimum Gasteiger partial charge on any atom is -0.223 e. The quantitative estimate of drug-likeness (QED) is 0.751. The van der Waals surface area contributed by atoms with Crippen molar-refractivity contribution >= 4 is 19.7 Å². The van der Waals surface area contributed by atoms with E-state index in [-0.39, 0.29) is 21.3 Å². The Balaban J connectivity index is 2.12. The van der Waals surface area contributed by atoms with E-state index in [0.29, 0.717) is 5.57 Å². The summed E-state index contributed by atoms with van der Waals surface area (Å²) in [6, 6.07) is 16.2. The van der Waals surface area contributed by atoms with Crippen molar-refractivity contribution in [2.75, 3.05) is 11.5 Å². The second kappa shape index (κ2) is 7.10. The molecule has 2 aromatic rings. The summed E-state index contributed by atoms with van der Waals surface area (Å²) in [5, 5.41) is 0. The Morgan fingerprint density at radius 1 is 0.783 bits per heavy atom. The molecule has 0 saturated heterocycles. The van der Waals surface area contributed by atoms with E-state index in [1.807, 2.05) is 0 Å². The maximum Gasteiger partial charge on any atom is 0.182 e. The lowest BCUT2D eigenvalue weighted by Gasteiger charge is -2.06. The summed E-state index contributed by atoms with van der Waals surface area (Å²) in [7, 11) is -6.90. The van der Waals surface area contributed by atoms with Crippen LogP contribution in [0.5, 0.6) is 0 Å². The zero-order valence-electron chi connectivity index (χ0n) is 12.7. The molecule has 0 saturated carbocycles. The molecule has 0 bridgehead atoms. The van der Waals surface area contributed by atoms with Crippen LogP contribution < -0.4 is 0 Å². The Hall–Kier alpha value is -1.92. The summed E-state index contributed by atoms with van der Waals surface area (Å²) in [6.07, 6.45) is 1.46. The second-order valence-electron chi connectivity index (χ2n) is 5.22. The molecular formula is C17H18O4S2. The summed E-state index contributed by atoms with van der Waals surface area (Å²) >= 11 is 0. The molecule has 6 heteroatoms. The molecule has 0 unspecified atom stereocenters. The molecule has 2 aromatic carbocycles. The van der Waals surface area contributed by atoms with Gasteiger partial charge in [0.05, 0.1) is 21.3 Å². The molecule has 0 amide bonds. The number of benzene rings is 2. The molecule has 2 rings (SSSR count). The highest BCUT2D eigenvalue weighted by molar-refractivity contribution is 7.92. The third-order valence-electron chi connectivity index (χ3n) is 3.27. The molecule has 0 fully saturated rings. The van der Waals surface area contributed by atoms with Gasteiger partial charge >= 0.3 is 0 Å². The van der Waals surface area contributed by atoms with Crippen LogP contribution in [0, 0.1) is 0 Å². The zero-order chi connectivity index (χ0) is 16.9. The Morgan fingerprint density at radius 2 is 1.22 bits per heavy atom. The largest absolute Gasteiger partial charge is 0.223 e. The minimum absolute atomic E-state index is 0.193. The van der Waals surface area contributed by atoms with E-state index in [0.717, 1.165) is 0 Å². The number of hydrogen-bond donors (Lipinski definition) is 0. The van der Waals surface area contributed by atoms with Gasteiger partial charge in [-0.2, -0.15) is 0 Å². The fraction of sp³-hybridized carbons (Fsp3) is 0.176. The van der Waals surface area contributed by atoms with Crippen molar-refractivity contribution in [3.8, 4) is 0 Å². The molecule has 0 spiro atoms. The molecule has 0 radical (unpaired) electrons. The van der Waals surface area contributed by atoms with E-state index >= 15 is 0 Å². The Labute approximate surface area is 137 Å². The Kier molecular flexibility index (Phi) is 5.38. The molecule has 0 aliphatic heterocycles.